The minimum absolute atomic E-state index is 0.00475. The maximum atomic E-state index is 13.5. The van der Waals surface area contributed by atoms with Crippen LogP contribution in [0, 0.1) is 11.7 Å². The fraction of sp³-hybridized carbons (Fsp3) is 0.357. The maximum absolute atomic E-state index is 13.5. The van der Waals surface area contributed by atoms with Crippen LogP contribution >= 0.6 is 0 Å². The molecule has 94 valence electrons. The first kappa shape index (κ1) is 11.4. The van der Waals surface area contributed by atoms with E-state index < -0.39 is 5.82 Å². The number of hydrogen-bond donors (Lipinski definition) is 1. The second-order valence-corrected chi connectivity index (χ2v) is 4.66. The molecule has 0 spiro atoms. The van der Waals surface area contributed by atoms with Gasteiger partial charge in [-0.1, -0.05) is 12.1 Å². The van der Waals surface area contributed by atoms with E-state index in [-0.39, 0.29) is 23.0 Å². The van der Waals surface area contributed by atoms with E-state index in [1.165, 1.54) is 6.07 Å². The summed E-state index contributed by atoms with van der Waals surface area (Å²) in [6.45, 7) is 1.70. The molecule has 2 heterocycles. The molecule has 3 rings (SSSR count). The van der Waals surface area contributed by atoms with Crippen molar-refractivity contribution in [3.63, 3.8) is 0 Å². The van der Waals surface area contributed by atoms with Crippen molar-refractivity contribution >= 4 is 16.8 Å². The molecule has 0 saturated carbocycles. The van der Waals surface area contributed by atoms with Crippen LogP contribution in [0.15, 0.2) is 28.7 Å². The first-order chi connectivity index (χ1) is 8.75. The first-order valence-corrected chi connectivity index (χ1v) is 6.19. The summed E-state index contributed by atoms with van der Waals surface area (Å²) in [5.74, 6) is -0.152. The minimum atomic E-state index is -0.420. The number of piperidine rings is 1. The third-order valence-corrected chi connectivity index (χ3v) is 3.45. The van der Waals surface area contributed by atoms with Crippen LogP contribution in [0.2, 0.25) is 0 Å². The number of hydrogen-bond acceptors (Lipinski definition) is 3. The molecule has 0 radical (unpaired) electrons. The third-order valence-electron chi connectivity index (χ3n) is 3.45. The van der Waals surface area contributed by atoms with Gasteiger partial charge in [-0.3, -0.25) is 4.79 Å². The number of benzene rings is 1. The van der Waals surface area contributed by atoms with Gasteiger partial charge in [-0.05, 0) is 38.1 Å². The van der Waals surface area contributed by atoms with Gasteiger partial charge in [-0.2, -0.15) is 0 Å². The largest absolute Gasteiger partial charge is 0.450 e. The van der Waals surface area contributed by atoms with Crippen molar-refractivity contribution in [2.45, 2.75) is 12.8 Å². The van der Waals surface area contributed by atoms with E-state index in [1.54, 1.807) is 18.2 Å². The molecule has 0 atom stereocenters. The second kappa shape index (κ2) is 4.53. The Hall–Kier alpha value is -1.68. The molecule has 0 bridgehead atoms. The van der Waals surface area contributed by atoms with Gasteiger partial charge >= 0.3 is 0 Å². The number of fused-ring (bicyclic) bond motifs is 1. The molecule has 4 heteroatoms. The molecular formula is C14H14FNO2. The summed E-state index contributed by atoms with van der Waals surface area (Å²) in [5, 5.41) is 3.86. The maximum Gasteiger partial charge on any atom is 0.201 e. The summed E-state index contributed by atoms with van der Waals surface area (Å²) in [5.41, 5.74) is 0.176. The standard InChI is InChI=1S/C14H14FNO2/c15-11-3-1-2-10-8-12(18-14(10)11)13(17)9-4-6-16-7-5-9/h1-3,8-9,16H,4-7H2. The molecule has 1 aliphatic rings. The lowest BCUT2D eigenvalue weighted by Crippen LogP contribution is -2.31. The highest BCUT2D eigenvalue weighted by Crippen LogP contribution is 2.26. The van der Waals surface area contributed by atoms with Gasteiger partial charge in [0.25, 0.3) is 0 Å². The van der Waals surface area contributed by atoms with Crippen LogP contribution < -0.4 is 5.32 Å². The molecule has 1 aromatic heterocycles. The predicted molar refractivity (Wildman–Crippen MR) is 66.1 cm³/mol. The number of rotatable bonds is 2. The average molecular weight is 247 g/mol. The molecule has 0 amide bonds. The number of ketones is 1. The monoisotopic (exact) mass is 247 g/mol. The van der Waals surface area contributed by atoms with Crippen LogP contribution in [0.4, 0.5) is 4.39 Å². The van der Waals surface area contributed by atoms with Crippen LogP contribution in [0.3, 0.4) is 0 Å². The van der Waals surface area contributed by atoms with Crippen LogP contribution in [0.1, 0.15) is 23.4 Å². The van der Waals surface area contributed by atoms with Crippen molar-refractivity contribution in [2.75, 3.05) is 13.1 Å². The molecule has 1 N–H and O–H groups in total. The van der Waals surface area contributed by atoms with E-state index in [2.05, 4.69) is 5.32 Å². The third kappa shape index (κ3) is 1.93. The Morgan fingerprint density at radius 1 is 1.33 bits per heavy atom. The van der Waals surface area contributed by atoms with Gasteiger partial charge in [0.15, 0.2) is 17.2 Å². The summed E-state index contributed by atoms with van der Waals surface area (Å²) in [6, 6.07) is 6.35. The van der Waals surface area contributed by atoms with E-state index in [1.807, 2.05) is 0 Å². The molecule has 18 heavy (non-hydrogen) atoms. The number of nitrogens with one attached hydrogen (secondary N) is 1. The number of Topliss-reactive ketones (excluding diaryl/α,β-unsaturated/α-hetero) is 1. The van der Waals surface area contributed by atoms with Gasteiger partial charge < -0.3 is 9.73 Å². The number of carbonyl (C=O) groups excluding carboxylic acids is 1. The smallest absolute Gasteiger partial charge is 0.201 e. The molecule has 2 aromatic rings. The minimum Gasteiger partial charge on any atom is -0.450 e. The van der Waals surface area contributed by atoms with Crippen LogP contribution in [-0.4, -0.2) is 18.9 Å². The first-order valence-electron chi connectivity index (χ1n) is 6.19. The number of para-hydroxylation sites is 1. The van der Waals surface area contributed by atoms with Crippen molar-refractivity contribution in [3.8, 4) is 0 Å². The van der Waals surface area contributed by atoms with Crippen molar-refractivity contribution < 1.29 is 13.6 Å². The van der Waals surface area contributed by atoms with Gasteiger partial charge in [0.05, 0.1) is 0 Å². The lowest BCUT2D eigenvalue weighted by Gasteiger charge is -2.20. The van der Waals surface area contributed by atoms with Crippen LogP contribution in [0.25, 0.3) is 11.0 Å². The molecule has 1 fully saturated rings. The van der Waals surface area contributed by atoms with Crippen molar-refractivity contribution in [2.24, 2.45) is 5.92 Å². The van der Waals surface area contributed by atoms with E-state index >= 15 is 0 Å². The van der Waals surface area contributed by atoms with Gasteiger partial charge in [0, 0.05) is 11.3 Å². The molecular weight excluding hydrogens is 233 g/mol. The Morgan fingerprint density at radius 2 is 2.11 bits per heavy atom. The van der Waals surface area contributed by atoms with Gasteiger partial charge in [-0.15, -0.1) is 0 Å². The van der Waals surface area contributed by atoms with Crippen molar-refractivity contribution in [1.29, 1.82) is 0 Å². The molecule has 3 nitrogen and oxygen atoms in total. The molecule has 0 unspecified atom stereocenters. The van der Waals surface area contributed by atoms with Gasteiger partial charge in [0.1, 0.15) is 0 Å². The second-order valence-electron chi connectivity index (χ2n) is 4.66. The topological polar surface area (TPSA) is 42.2 Å². The summed E-state index contributed by atoms with van der Waals surface area (Å²) in [7, 11) is 0. The lowest BCUT2D eigenvalue weighted by molar-refractivity contribution is 0.0868. The molecule has 1 aliphatic heterocycles. The van der Waals surface area contributed by atoms with Gasteiger partial charge in [-0.25, -0.2) is 4.39 Å². The Morgan fingerprint density at radius 3 is 2.83 bits per heavy atom. The summed E-state index contributed by atoms with van der Waals surface area (Å²) >= 11 is 0. The predicted octanol–water partition coefficient (Wildman–Crippen LogP) is 2.75. The van der Waals surface area contributed by atoms with Crippen molar-refractivity contribution in [1.82, 2.24) is 5.32 Å². The molecule has 0 aliphatic carbocycles. The number of carbonyl (C=O) groups is 1. The molecule has 1 saturated heterocycles. The van der Waals surface area contributed by atoms with E-state index in [9.17, 15) is 9.18 Å². The lowest BCUT2D eigenvalue weighted by atomic mass is 9.92. The van der Waals surface area contributed by atoms with E-state index in [0.29, 0.717) is 5.39 Å². The highest BCUT2D eigenvalue weighted by atomic mass is 19.1. The summed E-state index contributed by atoms with van der Waals surface area (Å²) < 4.78 is 18.9. The fourth-order valence-electron chi connectivity index (χ4n) is 2.43. The Bertz CT molecular complexity index is 584. The zero-order chi connectivity index (χ0) is 12.5. The summed E-state index contributed by atoms with van der Waals surface area (Å²) in [6.07, 6.45) is 1.64. The molecule has 1 aromatic carbocycles. The Balaban J connectivity index is 1.94. The fourth-order valence-corrected chi connectivity index (χ4v) is 2.43. The Labute approximate surface area is 104 Å². The highest BCUT2D eigenvalue weighted by molar-refractivity contribution is 5.99. The highest BCUT2D eigenvalue weighted by Gasteiger charge is 2.25. The van der Waals surface area contributed by atoms with E-state index in [0.717, 1.165) is 25.9 Å². The van der Waals surface area contributed by atoms with Gasteiger partial charge in [0.2, 0.25) is 5.78 Å². The van der Waals surface area contributed by atoms with Crippen LogP contribution in [-0.2, 0) is 0 Å². The quantitative estimate of drug-likeness (QED) is 0.830. The average Bonchev–Trinajstić information content (AvgIpc) is 2.84. The van der Waals surface area contributed by atoms with E-state index in [4.69, 9.17) is 4.42 Å². The SMILES string of the molecule is O=C(c1cc2cccc(F)c2o1)C1CCNCC1. The summed E-state index contributed by atoms with van der Waals surface area (Å²) in [4.78, 5) is 12.2. The number of furan rings is 1. The van der Waals surface area contributed by atoms with Crippen molar-refractivity contribution in [3.05, 3.63) is 35.8 Å². The zero-order valence-corrected chi connectivity index (χ0v) is 9.91. The van der Waals surface area contributed by atoms with Crippen LogP contribution in [0.5, 0.6) is 0 Å². The normalized spacial score (nSPS) is 17.2. The zero-order valence-electron chi connectivity index (χ0n) is 9.91. The number of halogens is 1. The Kier molecular flexibility index (Phi) is 2.88.